The number of hydrogen-bond acceptors (Lipinski definition) is 5. The van der Waals surface area contributed by atoms with Crippen LogP contribution >= 0.6 is 35.3 Å². The molecular formula is C16H30IN5O2S. The molecule has 0 radical (unpaired) electrons. The molecule has 1 aromatic rings. The number of amides is 1. The molecule has 1 rings (SSSR count). The van der Waals surface area contributed by atoms with Gasteiger partial charge in [0, 0.05) is 32.1 Å². The number of carbonyl (C=O) groups excluding carboxylic acids is 1. The van der Waals surface area contributed by atoms with Crippen LogP contribution in [0.1, 0.15) is 36.3 Å². The number of rotatable bonds is 5. The van der Waals surface area contributed by atoms with E-state index in [1.165, 1.54) is 4.88 Å². The van der Waals surface area contributed by atoms with Crippen LogP contribution in [0.2, 0.25) is 0 Å². The highest BCUT2D eigenvalue weighted by Crippen LogP contribution is 2.15. The Morgan fingerprint density at radius 2 is 1.96 bits per heavy atom. The van der Waals surface area contributed by atoms with Gasteiger partial charge in [0.15, 0.2) is 5.96 Å². The van der Waals surface area contributed by atoms with Gasteiger partial charge in [-0.25, -0.2) is 9.78 Å². The fourth-order valence-corrected chi connectivity index (χ4v) is 2.64. The van der Waals surface area contributed by atoms with Crippen molar-refractivity contribution in [1.29, 1.82) is 0 Å². The monoisotopic (exact) mass is 483 g/mol. The summed E-state index contributed by atoms with van der Waals surface area (Å²) in [6, 6.07) is 0. The number of aromatic nitrogens is 1. The Hall–Kier alpha value is -1.10. The summed E-state index contributed by atoms with van der Waals surface area (Å²) in [6.07, 6.45) is -0.332. The lowest BCUT2D eigenvalue weighted by atomic mass is 10.2. The van der Waals surface area contributed by atoms with Crippen LogP contribution in [0.3, 0.4) is 0 Å². The zero-order valence-corrected chi connectivity index (χ0v) is 19.2. The lowest BCUT2D eigenvalue weighted by Crippen LogP contribution is -2.42. The second kappa shape index (κ2) is 10.8. The van der Waals surface area contributed by atoms with Crippen molar-refractivity contribution < 1.29 is 9.53 Å². The summed E-state index contributed by atoms with van der Waals surface area (Å²) in [5.41, 5.74) is 0.582. The van der Waals surface area contributed by atoms with Crippen molar-refractivity contribution in [2.75, 3.05) is 27.2 Å². The van der Waals surface area contributed by atoms with Crippen LogP contribution < -0.4 is 10.6 Å². The summed E-state index contributed by atoms with van der Waals surface area (Å²) in [6.45, 7) is 11.3. The maximum absolute atomic E-state index is 11.9. The van der Waals surface area contributed by atoms with E-state index in [2.05, 4.69) is 27.5 Å². The third-order valence-corrected chi connectivity index (χ3v) is 4.22. The fourth-order valence-electron chi connectivity index (χ4n) is 1.77. The molecule has 0 unspecified atom stereocenters. The molecule has 0 aliphatic carbocycles. The number of aryl methyl sites for hydroxylation is 2. The number of thiazole rings is 1. The van der Waals surface area contributed by atoms with Gasteiger partial charge in [-0.15, -0.1) is 35.3 Å². The third-order valence-electron chi connectivity index (χ3n) is 3.15. The molecule has 0 fully saturated rings. The van der Waals surface area contributed by atoms with E-state index in [0.29, 0.717) is 25.6 Å². The molecule has 144 valence electrons. The summed E-state index contributed by atoms with van der Waals surface area (Å²) >= 11 is 1.68. The number of nitrogens with one attached hydrogen (secondary N) is 2. The van der Waals surface area contributed by atoms with Gasteiger partial charge in [-0.2, -0.15) is 0 Å². The molecule has 7 nitrogen and oxygen atoms in total. The van der Waals surface area contributed by atoms with Gasteiger partial charge in [0.1, 0.15) is 10.6 Å². The lowest BCUT2D eigenvalue weighted by molar-refractivity contribution is 0.0302. The summed E-state index contributed by atoms with van der Waals surface area (Å²) in [7, 11) is 3.43. The molecule has 1 aromatic heterocycles. The van der Waals surface area contributed by atoms with Gasteiger partial charge in [-0.3, -0.25) is 4.99 Å². The Kier molecular flexibility index (Phi) is 10.3. The molecule has 0 bridgehead atoms. The molecule has 0 aliphatic heterocycles. The molecule has 0 aliphatic rings. The van der Waals surface area contributed by atoms with Gasteiger partial charge < -0.3 is 20.3 Å². The molecule has 0 spiro atoms. The minimum absolute atomic E-state index is 0. The van der Waals surface area contributed by atoms with Gasteiger partial charge in [0.05, 0.1) is 12.2 Å². The highest BCUT2D eigenvalue weighted by molar-refractivity contribution is 14.0. The van der Waals surface area contributed by atoms with Crippen LogP contribution in [-0.4, -0.2) is 54.7 Å². The van der Waals surface area contributed by atoms with Crippen molar-refractivity contribution in [1.82, 2.24) is 20.5 Å². The molecule has 0 saturated carbocycles. The molecule has 0 atom stereocenters. The number of hydrogen-bond donors (Lipinski definition) is 2. The number of guanidine groups is 1. The number of aliphatic imine (C=N–C) groups is 1. The van der Waals surface area contributed by atoms with Gasteiger partial charge in [-0.1, -0.05) is 0 Å². The van der Waals surface area contributed by atoms with E-state index in [-0.39, 0.29) is 30.1 Å². The van der Waals surface area contributed by atoms with E-state index in [0.717, 1.165) is 10.7 Å². The average Bonchev–Trinajstić information content (AvgIpc) is 2.79. The predicted octanol–water partition coefficient (Wildman–Crippen LogP) is 2.91. The second-order valence-corrected chi connectivity index (χ2v) is 7.79. The number of ether oxygens (including phenoxy) is 1. The zero-order valence-electron chi connectivity index (χ0n) is 16.1. The van der Waals surface area contributed by atoms with Crippen LogP contribution in [0.4, 0.5) is 4.79 Å². The van der Waals surface area contributed by atoms with Crippen molar-refractivity contribution in [3.63, 3.8) is 0 Å². The first-order valence-electron chi connectivity index (χ1n) is 7.94. The van der Waals surface area contributed by atoms with Crippen LogP contribution in [0.25, 0.3) is 0 Å². The molecule has 9 heteroatoms. The Balaban J connectivity index is 0.00000576. The maximum Gasteiger partial charge on any atom is 0.410 e. The molecule has 0 aromatic carbocycles. The minimum atomic E-state index is -0.486. The van der Waals surface area contributed by atoms with Gasteiger partial charge in [-0.05, 0) is 34.6 Å². The molecular weight excluding hydrogens is 453 g/mol. The number of likely N-dealkylation sites (N-methyl/N-ethyl adjacent to an activating group) is 1. The van der Waals surface area contributed by atoms with Crippen molar-refractivity contribution in [3.05, 3.63) is 15.6 Å². The van der Waals surface area contributed by atoms with E-state index in [1.54, 1.807) is 30.3 Å². The van der Waals surface area contributed by atoms with E-state index in [1.807, 2.05) is 27.7 Å². The number of carbonyl (C=O) groups is 1. The van der Waals surface area contributed by atoms with Crippen molar-refractivity contribution >= 4 is 47.4 Å². The smallest absolute Gasteiger partial charge is 0.410 e. The average molecular weight is 483 g/mol. The predicted molar refractivity (Wildman–Crippen MR) is 114 cm³/mol. The standard InChI is InChI=1S/C16H29N5O2S.HI/c1-11-12(2)24-13(20-11)10-19-14(17-6)18-8-9-21(7)15(22)23-16(3,4)5;/h8-10H2,1-7H3,(H2,17,18,19);1H. The lowest BCUT2D eigenvalue weighted by Gasteiger charge is -2.24. The summed E-state index contributed by atoms with van der Waals surface area (Å²) < 4.78 is 5.31. The Morgan fingerprint density at radius 3 is 2.44 bits per heavy atom. The molecule has 1 heterocycles. The van der Waals surface area contributed by atoms with Crippen molar-refractivity contribution in [2.24, 2.45) is 4.99 Å². The van der Waals surface area contributed by atoms with Crippen LogP contribution in [-0.2, 0) is 11.3 Å². The third kappa shape index (κ3) is 9.24. The topological polar surface area (TPSA) is 78.9 Å². The van der Waals surface area contributed by atoms with Crippen molar-refractivity contribution in [2.45, 2.75) is 46.8 Å². The van der Waals surface area contributed by atoms with Crippen molar-refractivity contribution in [3.8, 4) is 0 Å². The molecule has 2 N–H and O–H groups in total. The quantitative estimate of drug-likeness (QED) is 0.383. The first-order valence-corrected chi connectivity index (χ1v) is 8.75. The van der Waals surface area contributed by atoms with E-state index in [9.17, 15) is 4.79 Å². The summed E-state index contributed by atoms with van der Waals surface area (Å²) in [5.74, 6) is 0.679. The van der Waals surface area contributed by atoms with Gasteiger partial charge in [0.2, 0.25) is 0 Å². The van der Waals surface area contributed by atoms with Gasteiger partial charge >= 0.3 is 6.09 Å². The largest absolute Gasteiger partial charge is 0.444 e. The van der Waals surface area contributed by atoms with Crippen LogP contribution in [0, 0.1) is 13.8 Å². The SMILES string of the molecule is CN=C(NCCN(C)C(=O)OC(C)(C)C)NCc1nc(C)c(C)s1.I. The highest BCUT2D eigenvalue weighted by Gasteiger charge is 2.19. The molecule has 1 amide bonds. The minimum Gasteiger partial charge on any atom is -0.444 e. The van der Waals surface area contributed by atoms with Gasteiger partial charge in [0.25, 0.3) is 0 Å². The Morgan fingerprint density at radius 1 is 1.32 bits per heavy atom. The summed E-state index contributed by atoms with van der Waals surface area (Å²) in [4.78, 5) is 23.3. The highest BCUT2D eigenvalue weighted by atomic mass is 127. The second-order valence-electron chi connectivity index (χ2n) is 6.50. The normalized spacial score (nSPS) is 11.6. The fraction of sp³-hybridized carbons (Fsp3) is 0.688. The summed E-state index contributed by atoms with van der Waals surface area (Å²) in [5, 5.41) is 7.42. The first-order chi connectivity index (χ1) is 11.1. The van der Waals surface area contributed by atoms with E-state index < -0.39 is 5.60 Å². The van der Waals surface area contributed by atoms with Crippen LogP contribution in [0.5, 0.6) is 0 Å². The molecule has 25 heavy (non-hydrogen) atoms. The zero-order chi connectivity index (χ0) is 18.3. The maximum atomic E-state index is 11.9. The first kappa shape index (κ1) is 23.9. The van der Waals surface area contributed by atoms with E-state index >= 15 is 0 Å². The Bertz CT molecular complexity index is 564. The Labute approximate surface area is 171 Å². The number of nitrogens with zero attached hydrogens (tertiary/aromatic N) is 3. The van der Waals surface area contributed by atoms with Crippen LogP contribution in [0.15, 0.2) is 4.99 Å². The van der Waals surface area contributed by atoms with E-state index in [4.69, 9.17) is 4.74 Å². The molecule has 0 saturated heterocycles. The number of halogens is 1.